The summed E-state index contributed by atoms with van der Waals surface area (Å²) >= 11 is 0. The van der Waals surface area contributed by atoms with Crippen molar-refractivity contribution in [2.45, 2.75) is 49.9 Å². The number of nitrogens with zero attached hydrogens (tertiary/aromatic N) is 2. The molecule has 1 unspecified atom stereocenters. The zero-order valence-electron chi connectivity index (χ0n) is 13.1. The monoisotopic (exact) mass is 328 g/mol. The number of likely N-dealkylation sites (tertiary alicyclic amines) is 2. The number of primary amides is 1. The molecule has 2 heterocycles. The molecular weight excluding hydrogens is 304 g/mol. The molecule has 1 spiro atoms. The zero-order chi connectivity index (χ0) is 17.4. The maximum atomic E-state index is 12.7. The maximum Gasteiger partial charge on any atom is 0.251 e. The van der Waals surface area contributed by atoms with Gasteiger partial charge in [-0.2, -0.15) is 0 Å². The highest BCUT2D eigenvalue weighted by Gasteiger charge is 2.61. The van der Waals surface area contributed by atoms with E-state index in [1.165, 1.54) is 16.7 Å². The van der Waals surface area contributed by atoms with Crippen LogP contribution in [0.25, 0.3) is 0 Å². The Morgan fingerprint density at radius 2 is 2.04 bits per heavy atom. The van der Waals surface area contributed by atoms with Crippen molar-refractivity contribution >= 4 is 17.7 Å². The summed E-state index contributed by atoms with van der Waals surface area (Å²) in [5, 5.41) is 18.8. The SMILES string of the molecule is C[C@@H](O)[C@@H](C(N)=O)N1CC2(CCCCN2C(=O)[C@@H](N)CO)C1=O. The standard InChI is InChI=1S/C14H24N4O5/c1-8(20)10(11(16)21)17-7-14(13(17)23)4-2-3-5-18(14)12(22)9(15)6-19/h8-10,19-20H,2-7,15H2,1H3,(H2,16,21)/t8-,9+,10+,14?/m1/s1. The van der Waals surface area contributed by atoms with Crippen LogP contribution in [0.15, 0.2) is 0 Å². The summed E-state index contributed by atoms with van der Waals surface area (Å²) < 4.78 is 0. The van der Waals surface area contributed by atoms with Gasteiger partial charge in [-0.25, -0.2) is 0 Å². The van der Waals surface area contributed by atoms with Crippen LogP contribution in [0.2, 0.25) is 0 Å². The topological polar surface area (TPSA) is 150 Å². The zero-order valence-corrected chi connectivity index (χ0v) is 13.1. The second-order valence-corrected chi connectivity index (χ2v) is 6.29. The van der Waals surface area contributed by atoms with Crippen LogP contribution >= 0.6 is 0 Å². The number of rotatable bonds is 5. The highest BCUT2D eigenvalue weighted by Crippen LogP contribution is 2.39. The Balaban J connectivity index is 2.23. The van der Waals surface area contributed by atoms with Gasteiger partial charge in [0, 0.05) is 6.54 Å². The molecule has 23 heavy (non-hydrogen) atoms. The van der Waals surface area contributed by atoms with E-state index in [-0.39, 0.29) is 6.54 Å². The number of carbonyl (C=O) groups excluding carboxylic acids is 3. The fraction of sp³-hybridized carbons (Fsp3) is 0.786. The fourth-order valence-electron chi connectivity index (χ4n) is 3.50. The van der Waals surface area contributed by atoms with Crippen molar-refractivity contribution in [2.75, 3.05) is 19.7 Å². The Morgan fingerprint density at radius 3 is 2.52 bits per heavy atom. The lowest BCUT2D eigenvalue weighted by atomic mass is 9.77. The summed E-state index contributed by atoms with van der Waals surface area (Å²) in [6.07, 6.45) is 0.890. The lowest BCUT2D eigenvalue weighted by Gasteiger charge is -2.58. The number of amides is 3. The van der Waals surface area contributed by atoms with Crippen molar-refractivity contribution in [1.29, 1.82) is 0 Å². The molecule has 0 radical (unpaired) electrons. The minimum absolute atomic E-state index is 0.133. The van der Waals surface area contributed by atoms with Gasteiger partial charge in [-0.15, -0.1) is 0 Å². The van der Waals surface area contributed by atoms with Crippen molar-refractivity contribution < 1.29 is 24.6 Å². The second-order valence-electron chi connectivity index (χ2n) is 6.29. The number of β-lactam (4-membered cyclic amide) rings is 1. The van der Waals surface area contributed by atoms with Gasteiger partial charge in [0.1, 0.15) is 17.6 Å². The van der Waals surface area contributed by atoms with Crippen LogP contribution in [0.4, 0.5) is 0 Å². The largest absolute Gasteiger partial charge is 0.394 e. The summed E-state index contributed by atoms with van der Waals surface area (Å²) in [6.45, 7) is 1.40. The summed E-state index contributed by atoms with van der Waals surface area (Å²) in [6, 6.07) is -2.19. The van der Waals surface area contributed by atoms with E-state index in [0.717, 1.165) is 12.8 Å². The molecule has 0 saturated carbocycles. The highest BCUT2D eigenvalue weighted by atomic mass is 16.3. The first-order chi connectivity index (χ1) is 10.8. The van der Waals surface area contributed by atoms with Crippen molar-refractivity contribution in [3.63, 3.8) is 0 Å². The van der Waals surface area contributed by atoms with Gasteiger partial charge < -0.3 is 31.5 Å². The van der Waals surface area contributed by atoms with Gasteiger partial charge in [0.15, 0.2) is 0 Å². The first-order valence-corrected chi connectivity index (χ1v) is 7.72. The Kier molecular flexibility index (Phi) is 4.92. The van der Waals surface area contributed by atoms with Gasteiger partial charge in [-0.1, -0.05) is 0 Å². The molecule has 0 bridgehead atoms. The lowest BCUT2D eigenvalue weighted by Crippen LogP contribution is -2.80. The minimum Gasteiger partial charge on any atom is -0.394 e. The second kappa shape index (κ2) is 6.42. The highest BCUT2D eigenvalue weighted by molar-refractivity contribution is 6.00. The maximum absolute atomic E-state index is 12.7. The molecule has 9 nitrogen and oxygen atoms in total. The number of hydrogen-bond acceptors (Lipinski definition) is 6. The van der Waals surface area contributed by atoms with E-state index < -0.39 is 48.1 Å². The molecule has 0 aliphatic carbocycles. The number of aliphatic hydroxyl groups excluding tert-OH is 2. The van der Waals surface area contributed by atoms with Gasteiger partial charge in [0.05, 0.1) is 19.3 Å². The van der Waals surface area contributed by atoms with Crippen LogP contribution in [0.5, 0.6) is 0 Å². The Labute approximate surface area is 134 Å². The molecule has 3 amide bonds. The molecule has 2 saturated heterocycles. The molecule has 2 aliphatic heterocycles. The van der Waals surface area contributed by atoms with E-state index in [1.807, 2.05) is 0 Å². The molecule has 0 aromatic heterocycles. The quantitative estimate of drug-likeness (QED) is 0.398. The van der Waals surface area contributed by atoms with Crippen molar-refractivity contribution in [1.82, 2.24) is 9.80 Å². The normalized spacial score (nSPS) is 28.3. The lowest BCUT2D eigenvalue weighted by molar-refractivity contribution is -0.184. The summed E-state index contributed by atoms with van der Waals surface area (Å²) in [4.78, 5) is 39.2. The van der Waals surface area contributed by atoms with E-state index in [9.17, 15) is 19.5 Å². The fourth-order valence-corrected chi connectivity index (χ4v) is 3.50. The first kappa shape index (κ1) is 17.6. The molecule has 9 heteroatoms. The molecule has 2 aliphatic rings. The van der Waals surface area contributed by atoms with E-state index in [0.29, 0.717) is 13.0 Å². The number of carbonyl (C=O) groups is 3. The van der Waals surface area contributed by atoms with E-state index in [1.54, 1.807) is 0 Å². The molecule has 4 atom stereocenters. The van der Waals surface area contributed by atoms with Gasteiger partial charge in [-0.05, 0) is 26.2 Å². The molecule has 0 aromatic carbocycles. The molecule has 6 N–H and O–H groups in total. The van der Waals surface area contributed by atoms with Crippen LogP contribution in [-0.4, -0.2) is 81.2 Å². The summed E-state index contributed by atoms with van der Waals surface area (Å²) in [7, 11) is 0. The van der Waals surface area contributed by atoms with Crippen molar-refractivity contribution in [2.24, 2.45) is 11.5 Å². The third-order valence-electron chi connectivity index (χ3n) is 4.69. The summed E-state index contributed by atoms with van der Waals surface area (Å²) in [5.41, 5.74) is 9.83. The van der Waals surface area contributed by atoms with E-state index in [2.05, 4.69) is 0 Å². The Bertz CT molecular complexity index is 511. The van der Waals surface area contributed by atoms with E-state index >= 15 is 0 Å². The average molecular weight is 328 g/mol. The third-order valence-corrected chi connectivity index (χ3v) is 4.69. The number of nitrogens with two attached hydrogens (primary N) is 2. The molecule has 0 aromatic rings. The third kappa shape index (κ3) is 2.79. The first-order valence-electron chi connectivity index (χ1n) is 7.72. The van der Waals surface area contributed by atoms with Crippen LogP contribution in [0.1, 0.15) is 26.2 Å². The molecule has 2 fully saturated rings. The Hall–Kier alpha value is -1.71. The predicted molar refractivity (Wildman–Crippen MR) is 79.7 cm³/mol. The van der Waals surface area contributed by atoms with E-state index in [4.69, 9.17) is 16.6 Å². The smallest absolute Gasteiger partial charge is 0.251 e. The van der Waals surface area contributed by atoms with Gasteiger partial charge in [0.25, 0.3) is 5.91 Å². The number of aliphatic hydroxyl groups is 2. The van der Waals surface area contributed by atoms with Gasteiger partial charge in [-0.3, -0.25) is 14.4 Å². The molecule has 2 rings (SSSR count). The van der Waals surface area contributed by atoms with Gasteiger partial charge >= 0.3 is 0 Å². The molecule has 130 valence electrons. The van der Waals surface area contributed by atoms with Crippen LogP contribution in [-0.2, 0) is 14.4 Å². The van der Waals surface area contributed by atoms with Crippen molar-refractivity contribution in [3.05, 3.63) is 0 Å². The average Bonchev–Trinajstić information content (AvgIpc) is 2.52. The van der Waals surface area contributed by atoms with Crippen LogP contribution in [0, 0.1) is 0 Å². The predicted octanol–water partition coefficient (Wildman–Crippen LogP) is -2.87. The number of piperidine rings is 1. The number of hydrogen-bond donors (Lipinski definition) is 4. The van der Waals surface area contributed by atoms with Gasteiger partial charge in [0.2, 0.25) is 11.8 Å². The summed E-state index contributed by atoms with van der Waals surface area (Å²) in [5.74, 6) is -1.67. The molecular formula is C14H24N4O5. The van der Waals surface area contributed by atoms with Crippen LogP contribution < -0.4 is 11.5 Å². The Morgan fingerprint density at radius 1 is 1.39 bits per heavy atom. The minimum atomic E-state index is -1.11. The van der Waals surface area contributed by atoms with Crippen molar-refractivity contribution in [3.8, 4) is 0 Å². The van der Waals surface area contributed by atoms with Crippen LogP contribution in [0.3, 0.4) is 0 Å².